The van der Waals surface area contributed by atoms with Gasteiger partial charge in [-0.2, -0.15) is 0 Å². The molecule has 2 aromatic rings. The fraction of sp³-hybridized carbons (Fsp3) is 0.235. The van der Waals surface area contributed by atoms with Crippen LogP contribution in [0.25, 0.3) is 0 Å². The van der Waals surface area contributed by atoms with Gasteiger partial charge in [-0.05, 0) is 36.8 Å². The first kappa shape index (κ1) is 14.7. The maximum absolute atomic E-state index is 12.3. The van der Waals surface area contributed by atoms with E-state index >= 15 is 0 Å². The highest BCUT2D eigenvalue weighted by molar-refractivity contribution is 6.30. The van der Waals surface area contributed by atoms with E-state index in [0.717, 1.165) is 5.56 Å². The molecule has 1 amide bonds. The summed E-state index contributed by atoms with van der Waals surface area (Å²) in [6, 6.07) is 14.7. The standard InChI is InChI=1S/C17H16ClNO3/c1-11-16(22-15-5-3-2-4-14(15)21-11)17(20)19-10-12-6-8-13(18)9-7-12/h2-9,11,16H,10H2,1H3,(H,19,20). The van der Waals surface area contributed by atoms with Crippen molar-refractivity contribution in [1.29, 1.82) is 0 Å². The van der Waals surface area contributed by atoms with Crippen molar-refractivity contribution in [2.45, 2.75) is 25.7 Å². The van der Waals surface area contributed by atoms with Crippen LogP contribution in [0.2, 0.25) is 5.02 Å². The van der Waals surface area contributed by atoms with Crippen molar-refractivity contribution in [3.63, 3.8) is 0 Å². The molecule has 3 rings (SSSR count). The molecule has 0 aromatic heterocycles. The molecule has 2 atom stereocenters. The largest absolute Gasteiger partial charge is 0.482 e. The van der Waals surface area contributed by atoms with E-state index in [2.05, 4.69) is 5.32 Å². The van der Waals surface area contributed by atoms with E-state index in [4.69, 9.17) is 21.1 Å². The van der Waals surface area contributed by atoms with Crippen molar-refractivity contribution in [2.24, 2.45) is 0 Å². The summed E-state index contributed by atoms with van der Waals surface area (Å²) in [6.45, 7) is 2.24. The highest BCUT2D eigenvalue weighted by Gasteiger charge is 2.33. The molecule has 1 aliphatic rings. The van der Waals surface area contributed by atoms with E-state index in [9.17, 15) is 4.79 Å². The molecule has 5 heteroatoms. The Kier molecular flexibility index (Phi) is 4.20. The third-order valence-electron chi connectivity index (χ3n) is 3.48. The van der Waals surface area contributed by atoms with Crippen molar-refractivity contribution in [3.8, 4) is 11.5 Å². The fourth-order valence-corrected chi connectivity index (χ4v) is 2.42. The highest BCUT2D eigenvalue weighted by atomic mass is 35.5. The van der Waals surface area contributed by atoms with E-state index < -0.39 is 6.10 Å². The minimum Gasteiger partial charge on any atom is -0.482 e. The molecular formula is C17H16ClNO3. The molecule has 0 saturated heterocycles. The number of nitrogens with one attached hydrogen (secondary N) is 1. The van der Waals surface area contributed by atoms with Crippen molar-refractivity contribution < 1.29 is 14.3 Å². The zero-order valence-electron chi connectivity index (χ0n) is 12.1. The van der Waals surface area contributed by atoms with Crippen LogP contribution >= 0.6 is 11.6 Å². The summed E-state index contributed by atoms with van der Waals surface area (Å²) in [5, 5.41) is 3.53. The number of hydrogen-bond donors (Lipinski definition) is 1. The normalized spacial score (nSPS) is 19.5. The number of carbonyl (C=O) groups excluding carboxylic acids is 1. The Hall–Kier alpha value is -2.20. The Morgan fingerprint density at radius 3 is 2.41 bits per heavy atom. The maximum atomic E-state index is 12.3. The Labute approximate surface area is 134 Å². The molecule has 114 valence electrons. The van der Waals surface area contributed by atoms with Gasteiger partial charge < -0.3 is 14.8 Å². The molecule has 2 aromatic carbocycles. The molecule has 0 bridgehead atoms. The van der Waals surface area contributed by atoms with Gasteiger partial charge in [-0.3, -0.25) is 4.79 Å². The van der Waals surface area contributed by atoms with E-state index in [1.165, 1.54) is 0 Å². The topological polar surface area (TPSA) is 47.6 Å². The van der Waals surface area contributed by atoms with Gasteiger partial charge in [0.25, 0.3) is 5.91 Å². The molecular weight excluding hydrogens is 302 g/mol. The Morgan fingerprint density at radius 2 is 1.73 bits per heavy atom. The third-order valence-corrected chi connectivity index (χ3v) is 3.73. The van der Waals surface area contributed by atoms with Crippen LogP contribution in [0.3, 0.4) is 0 Å². The van der Waals surface area contributed by atoms with E-state index in [1.54, 1.807) is 18.2 Å². The predicted molar refractivity (Wildman–Crippen MR) is 84.2 cm³/mol. The number of hydrogen-bond acceptors (Lipinski definition) is 3. The van der Waals surface area contributed by atoms with Crippen LogP contribution in [0.5, 0.6) is 11.5 Å². The third kappa shape index (κ3) is 3.17. The molecule has 0 fully saturated rings. The van der Waals surface area contributed by atoms with Crippen LogP contribution in [0.1, 0.15) is 12.5 Å². The summed E-state index contributed by atoms with van der Waals surface area (Å²) in [5.74, 6) is 1.06. The zero-order chi connectivity index (χ0) is 15.5. The second-order valence-corrected chi connectivity index (χ2v) is 5.59. The van der Waals surface area contributed by atoms with Crippen molar-refractivity contribution in [2.75, 3.05) is 0 Å². The van der Waals surface area contributed by atoms with E-state index in [0.29, 0.717) is 23.1 Å². The lowest BCUT2D eigenvalue weighted by Gasteiger charge is -2.31. The molecule has 1 aliphatic heterocycles. The summed E-state index contributed by atoms with van der Waals surface area (Å²) < 4.78 is 11.5. The van der Waals surface area contributed by atoms with Gasteiger partial charge >= 0.3 is 0 Å². The molecule has 1 N–H and O–H groups in total. The molecule has 4 nitrogen and oxygen atoms in total. The van der Waals surface area contributed by atoms with E-state index in [1.807, 2.05) is 37.3 Å². The predicted octanol–water partition coefficient (Wildman–Crippen LogP) is 3.18. The summed E-state index contributed by atoms with van der Waals surface area (Å²) in [6.07, 6.45) is -1.01. The monoisotopic (exact) mass is 317 g/mol. The van der Waals surface area contributed by atoms with Gasteiger partial charge in [0.1, 0.15) is 6.10 Å². The van der Waals surface area contributed by atoms with E-state index in [-0.39, 0.29) is 12.0 Å². The molecule has 0 aliphatic carbocycles. The van der Waals surface area contributed by atoms with Crippen molar-refractivity contribution in [1.82, 2.24) is 5.32 Å². The smallest absolute Gasteiger partial charge is 0.265 e. The lowest BCUT2D eigenvalue weighted by Crippen LogP contribution is -2.48. The summed E-state index contributed by atoms with van der Waals surface area (Å²) in [4.78, 5) is 12.3. The summed E-state index contributed by atoms with van der Waals surface area (Å²) >= 11 is 5.84. The number of carbonyl (C=O) groups is 1. The second-order valence-electron chi connectivity index (χ2n) is 5.15. The summed E-state index contributed by atoms with van der Waals surface area (Å²) in [5.41, 5.74) is 0.975. The minimum absolute atomic E-state index is 0.197. The van der Waals surface area contributed by atoms with Gasteiger partial charge in [0.05, 0.1) is 0 Å². The molecule has 22 heavy (non-hydrogen) atoms. The van der Waals surface area contributed by atoms with Gasteiger partial charge in [0, 0.05) is 11.6 Å². The Morgan fingerprint density at radius 1 is 1.09 bits per heavy atom. The first-order chi connectivity index (χ1) is 10.6. The number of fused-ring (bicyclic) bond motifs is 1. The number of ether oxygens (including phenoxy) is 2. The number of amides is 1. The first-order valence-electron chi connectivity index (χ1n) is 7.08. The fourth-order valence-electron chi connectivity index (χ4n) is 2.30. The number of halogens is 1. The molecule has 0 saturated carbocycles. The van der Waals surface area contributed by atoms with Crippen molar-refractivity contribution in [3.05, 3.63) is 59.1 Å². The Balaban J connectivity index is 1.64. The van der Waals surface area contributed by atoms with Crippen LogP contribution in [0, 0.1) is 0 Å². The Bertz CT molecular complexity index is 672. The average Bonchev–Trinajstić information content (AvgIpc) is 2.53. The zero-order valence-corrected chi connectivity index (χ0v) is 12.8. The second kappa shape index (κ2) is 6.28. The molecule has 0 spiro atoms. The van der Waals surface area contributed by atoms with Gasteiger partial charge in [-0.15, -0.1) is 0 Å². The highest BCUT2D eigenvalue weighted by Crippen LogP contribution is 2.33. The quantitative estimate of drug-likeness (QED) is 0.945. The van der Waals surface area contributed by atoms with Crippen LogP contribution in [0.4, 0.5) is 0 Å². The van der Waals surface area contributed by atoms with Crippen LogP contribution in [-0.2, 0) is 11.3 Å². The van der Waals surface area contributed by atoms with Crippen LogP contribution < -0.4 is 14.8 Å². The lowest BCUT2D eigenvalue weighted by molar-refractivity contribution is -0.133. The van der Waals surface area contributed by atoms with Gasteiger partial charge in [-0.1, -0.05) is 35.9 Å². The minimum atomic E-state index is -0.665. The van der Waals surface area contributed by atoms with Gasteiger partial charge in [0.2, 0.25) is 6.10 Å². The maximum Gasteiger partial charge on any atom is 0.265 e. The van der Waals surface area contributed by atoms with Gasteiger partial charge in [-0.25, -0.2) is 0 Å². The lowest BCUT2D eigenvalue weighted by atomic mass is 10.1. The SMILES string of the molecule is CC1Oc2ccccc2OC1C(=O)NCc1ccc(Cl)cc1. The van der Waals surface area contributed by atoms with Crippen LogP contribution in [-0.4, -0.2) is 18.1 Å². The number of para-hydroxylation sites is 2. The number of benzene rings is 2. The van der Waals surface area contributed by atoms with Gasteiger partial charge in [0.15, 0.2) is 11.5 Å². The summed E-state index contributed by atoms with van der Waals surface area (Å²) in [7, 11) is 0. The molecule has 1 heterocycles. The molecule has 0 radical (unpaired) electrons. The van der Waals surface area contributed by atoms with Crippen LogP contribution in [0.15, 0.2) is 48.5 Å². The first-order valence-corrected chi connectivity index (χ1v) is 7.46. The molecule has 2 unspecified atom stereocenters. The number of rotatable bonds is 3. The average molecular weight is 318 g/mol. The van der Waals surface area contributed by atoms with Crippen molar-refractivity contribution >= 4 is 17.5 Å².